The molecule has 1 amide bonds. The van der Waals surface area contributed by atoms with Crippen LogP contribution in [-0.4, -0.2) is 21.5 Å². The Balaban J connectivity index is 1.95. The number of fused-ring (bicyclic) bond motifs is 1. The van der Waals surface area contributed by atoms with E-state index in [1.807, 2.05) is 6.20 Å². The lowest BCUT2D eigenvalue weighted by atomic mass is 10.2. The largest absolute Gasteiger partial charge is 0.349 e. The van der Waals surface area contributed by atoms with Gasteiger partial charge in [0.2, 0.25) is 5.91 Å². The molecule has 0 aromatic carbocycles. The Morgan fingerprint density at radius 1 is 1.69 bits per heavy atom. The average molecular weight is 222 g/mol. The van der Waals surface area contributed by atoms with Crippen molar-refractivity contribution in [3.63, 3.8) is 0 Å². The Bertz CT molecular complexity index is 360. The second-order valence-corrected chi connectivity index (χ2v) is 4.31. The van der Waals surface area contributed by atoms with E-state index >= 15 is 0 Å². The molecule has 0 fully saturated rings. The van der Waals surface area contributed by atoms with Crippen LogP contribution in [0.15, 0.2) is 6.20 Å². The molecule has 0 radical (unpaired) electrons. The fraction of sp³-hybridized carbons (Fsp3) is 0.636. The first-order chi connectivity index (χ1) is 7.66. The Kier molecular flexibility index (Phi) is 3.24. The molecule has 1 aliphatic heterocycles. The number of nitrogens with two attached hydrogens (primary N) is 1. The molecule has 2 rings (SSSR count). The molecule has 0 bridgehead atoms. The number of hydrogen-bond donors (Lipinski definition) is 2. The maximum atomic E-state index is 11.3. The number of rotatable bonds is 3. The van der Waals surface area contributed by atoms with Gasteiger partial charge in [0.25, 0.3) is 0 Å². The highest BCUT2D eigenvalue weighted by atomic mass is 16.2. The highest BCUT2D eigenvalue weighted by Gasteiger charge is 2.13. The summed E-state index contributed by atoms with van der Waals surface area (Å²) >= 11 is 0. The van der Waals surface area contributed by atoms with Gasteiger partial charge in [-0.05, 0) is 19.8 Å². The summed E-state index contributed by atoms with van der Waals surface area (Å²) in [5, 5.41) is 2.77. The zero-order valence-corrected chi connectivity index (χ0v) is 9.57. The summed E-state index contributed by atoms with van der Waals surface area (Å²) < 4.78 is 2.18. The molecule has 0 spiro atoms. The smallest absolute Gasteiger partial charge is 0.236 e. The first-order valence-corrected chi connectivity index (χ1v) is 5.75. The van der Waals surface area contributed by atoms with Crippen LogP contribution in [0.2, 0.25) is 0 Å². The number of hydrogen-bond acceptors (Lipinski definition) is 3. The molecule has 1 aromatic rings. The molecule has 5 nitrogen and oxygen atoms in total. The van der Waals surface area contributed by atoms with E-state index in [-0.39, 0.29) is 5.91 Å². The summed E-state index contributed by atoms with van der Waals surface area (Å²) in [6.07, 6.45) is 5.49. The molecule has 1 atom stereocenters. The van der Waals surface area contributed by atoms with Gasteiger partial charge < -0.3 is 15.6 Å². The van der Waals surface area contributed by atoms with Gasteiger partial charge in [0.1, 0.15) is 5.82 Å². The minimum absolute atomic E-state index is 0.133. The van der Waals surface area contributed by atoms with Crippen molar-refractivity contribution in [2.24, 2.45) is 5.73 Å². The molecule has 0 saturated carbocycles. The highest BCUT2D eigenvalue weighted by molar-refractivity contribution is 5.80. The maximum Gasteiger partial charge on any atom is 0.236 e. The third kappa shape index (κ3) is 2.41. The van der Waals surface area contributed by atoms with E-state index < -0.39 is 6.04 Å². The van der Waals surface area contributed by atoms with Crippen LogP contribution in [0.5, 0.6) is 0 Å². The standard InChI is InChI=1S/C11H18N4O/c1-8(12)11(16)13-6-9-7-15-5-3-2-4-10(15)14-9/h7-8H,2-6,12H2,1H3,(H,13,16)/t8-/m1/s1. The fourth-order valence-electron chi connectivity index (χ4n) is 1.90. The molecule has 5 heteroatoms. The van der Waals surface area contributed by atoms with Crippen molar-refractivity contribution in [1.29, 1.82) is 0 Å². The topological polar surface area (TPSA) is 72.9 Å². The van der Waals surface area contributed by atoms with Crippen molar-refractivity contribution >= 4 is 5.91 Å². The van der Waals surface area contributed by atoms with E-state index in [0.29, 0.717) is 6.54 Å². The van der Waals surface area contributed by atoms with Crippen molar-refractivity contribution in [2.45, 2.75) is 45.3 Å². The van der Waals surface area contributed by atoms with Gasteiger partial charge in [-0.25, -0.2) is 4.98 Å². The van der Waals surface area contributed by atoms with E-state index in [9.17, 15) is 4.79 Å². The molecule has 0 unspecified atom stereocenters. The van der Waals surface area contributed by atoms with Gasteiger partial charge in [-0.15, -0.1) is 0 Å². The number of aryl methyl sites for hydroxylation is 2. The van der Waals surface area contributed by atoms with Gasteiger partial charge in [0.15, 0.2) is 0 Å². The number of nitrogens with zero attached hydrogens (tertiary/aromatic N) is 2. The maximum absolute atomic E-state index is 11.3. The lowest BCUT2D eigenvalue weighted by Gasteiger charge is -2.11. The van der Waals surface area contributed by atoms with E-state index in [1.54, 1.807) is 6.92 Å². The predicted octanol–water partition coefficient (Wildman–Crippen LogP) is 0.183. The highest BCUT2D eigenvalue weighted by Crippen LogP contribution is 2.14. The number of carbonyl (C=O) groups excluding carboxylic acids is 1. The van der Waals surface area contributed by atoms with Crippen LogP contribution in [0.25, 0.3) is 0 Å². The van der Waals surface area contributed by atoms with Crippen molar-refractivity contribution < 1.29 is 4.79 Å². The third-order valence-corrected chi connectivity index (χ3v) is 2.82. The van der Waals surface area contributed by atoms with Crippen LogP contribution in [0.4, 0.5) is 0 Å². The molecule has 16 heavy (non-hydrogen) atoms. The van der Waals surface area contributed by atoms with Gasteiger partial charge in [-0.1, -0.05) is 0 Å². The lowest BCUT2D eigenvalue weighted by Crippen LogP contribution is -2.37. The zero-order valence-electron chi connectivity index (χ0n) is 9.57. The van der Waals surface area contributed by atoms with E-state index in [2.05, 4.69) is 14.9 Å². The zero-order chi connectivity index (χ0) is 11.5. The Morgan fingerprint density at radius 2 is 2.50 bits per heavy atom. The minimum atomic E-state index is -0.461. The van der Waals surface area contributed by atoms with Crippen molar-refractivity contribution in [3.8, 4) is 0 Å². The number of nitrogens with one attached hydrogen (secondary N) is 1. The Labute approximate surface area is 95.0 Å². The Morgan fingerprint density at radius 3 is 3.19 bits per heavy atom. The van der Waals surface area contributed by atoms with E-state index in [1.165, 1.54) is 12.8 Å². The summed E-state index contributed by atoms with van der Waals surface area (Å²) in [4.78, 5) is 15.8. The van der Waals surface area contributed by atoms with Gasteiger partial charge in [0, 0.05) is 19.2 Å². The van der Waals surface area contributed by atoms with Crippen molar-refractivity contribution in [1.82, 2.24) is 14.9 Å². The number of amides is 1. The predicted molar refractivity (Wildman–Crippen MR) is 60.7 cm³/mol. The summed E-state index contributed by atoms with van der Waals surface area (Å²) in [6.45, 7) is 3.19. The quantitative estimate of drug-likeness (QED) is 0.766. The molecule has 0 saturated heterocycles. The summed E-state index contributed by atoms with van der Waals surface area (Å²) in [5.74, 6) is 1.00. The lowest BCUT2D eigenvalue weighted by molar-refractivity contribution is -0.122. The molecule has 2 heterocycles. The molecule has 1 aliphatic rings. The number of imidazole rings is 1. The minimum Gasteiger partial charge on any atom is -0.349 e. The first kappa shape index (κ1) is 11.1. The van der Waals surface area contributed by atoms with E-state index in [0.717, 1.165) is 24.5 Å². The Hall–Kier alpha value is -1.36. The van der Waals surface area contributed by atoms with Gasteiger partial charge in [-0.3, -0.25) is 4.79 Å². The van der Waals surface area contributed by atoms with Crippen LogP contribution in [0.3, 0.4) is 0 Å². The number of carbonyl (C=O) groups is 1. The van der Waals surface area contributed by atoms with Crippen LogP contribution in [0.1, 0.15) is 31.3 Å². The molecule has 1 aromatic heterocycles. The first-order valence-electron chi connectivity index (χ1n) is 5.75. The van der Waals surface area contributed by atoms with Crippen LogP contribution < -0.4 is 11.1 Å². The molecule has 3 N–H and O–H groups in total. The molecular formula is C11H18N4O. The van der Waals surface area contributed by atoms with Crippen molar-refractivity contribution in [2.75, 3.05) is 0 Å². The summed E-state index contributed by atoms with van der Waals surface area (Å²) in [6, 6.07) is -0.461. The third-order valence-electron chi connectivity index (χ3n) is 2.82. The SMILES string of the molecule is C[C@@H](N)C(=O)NCc1cn2c(n1)CCCC2. The van der Waals surface area contributed by atoms with Crippen LogP contribution >= 0.6 is 0 Å². The molecule has 88 valence electrons. The van der Waals surface area contributed by atoms with E-state index in [4.69, 9.17) is 5.73 Å². The fourth-order valence-corrected chi connectivity index (χ4v) is 1.90. The molecule has 0 aliphatic carbocycles. The van der Waals surface area contributed by atoms with Gasteiger partial charge >= 0.3 is 0 Å². The normalized spacial score (nSPS) is 16.6. The average Bonchev–Trinajstić information content (AvgIpc) is 2.68. The monoisotopic (exact) mass is 222 g/mol. The van der Waals surface area contributed by atoms with Crippen LogP contribution in [-0.2, 0) is 24.3 Å². The molecular weight excluding hydrogens is 204 g/mol. The van der Waals surface area contributed by atoms with Gasteiger partial charge in [-0.2, -0.15) is 0 Å². The second kappa shape index (κ2) is 4.65. The second-order valence-electron chi connectivity index (χ2n) is 4.31. The number of aromatic nitrogens is 2. The summed E-state index contributed by atoms with van der Waals surface area (Å²) in [7, 11) is 0. The van der Waals surface area contributed by atoms with Crippen molar-refractivity contribution in [3.05, 3.63) is 17.7 Å². The summed E-state index contributed by atoms with van der Waals surface area (Å²) in [5.41, 5.74) is 6.38. The van der Waals surface area contributed by atoms with Crippen LogP contribution in [0, 0.1) is 0 Å². The van der Waals surface area contributed by atoms with Gasteiger partial charge in [0.05, 0.1) is 18.3 Å².